The fourth-order valence-electron chi connectivity index (χ4n) is 4.40. The van der Waals surface area contributed by atoms with Crippen LogP contribution in [-0.4, -0.2) is 41.1 Å². The third-order valence-electron chi connectivity index (χ3n) is 5.85. The van der Waals surface area contributed by atoms with E-state index in [-0.39, 0.29) is 28.0 Å². The number of ether oxygens (including phenoxy) is 1. The molecule has 32 heavy (non-hydrogen) atoms. The van der Waals surface area contributed by atoms with Crippen molar-refractivity contribution in [1.29, 1.82) is 0 Å². The third kappa shape index (κ3) is 2.79. The standard InChI is InChI=1S/C22H17N3O6S/c1-24-19(27)9-2-4-10(5-3-9)25-20(28)15-14-12-7-6-11(26)8-13(12)31-22(30)16(14)18(23)32-17(15)21(25)29/h2-8,14-15,17,26H,23H2,1H3,(H,24,27)/t14-,15+,17+/m0/s1. The minimum Gasteiger partial charge on any atom is -0.508 e. The lowest BCUT2D eigenvalue weighted by atomic mass is 9.77. The Hall–Kier alpha value is -3.79. The Labute approximate surface area is 186 Å². The number of imide groups is 1. The zero-order valence-corrected chi connectivity index (χ0v) is 17.5. The summed E-state index contributed by atoms with van der Waals surface area (Å²) in [7, 11) is 1.51. The van der Waals surface area contributed by atoms with Gasteiger partial charge in [-0.3, -0.25) is 14.4 Å². The van der Waals surface area contributed by atoms with E-state index < -0.39 is 34.9 Å². The number of phenols is 1. The van der Waals surface area contributed by atoms with Crippen LogP contribution in [0.3, 0.4) is 0 Å². The first kappa shape index (κ1) is 20.1. The number of amides is 3. The molecule has 0 aliphatic carbocycles. The summed E-state index contributed by atoms with van der Waals surface area (Å²) in [5, 5.41) is 11.6. The van der Waals surface area contributed by atoms with Crippen LogP contribution in [0.2, 0.25) is 0 Å². The van der Waals surface area contributed by atoms with E-state index in [1.54, 1.807) is 6.07 Å². The highest BCUT2D eigenvalue weighted by Gasteiger charge is 2.58. The zero-order chi connectivity index (χ0) is 22.7. The van der Waals surface area contributed by atoms with Crippen molar-refractivity contribution in [1.82, 2.24) is 5.32 Å². The van der Waals surface area contributed by atoms with Crippen molar-refractivity contribution in [3.63, 3.8) is 0 Å². The van der Waals surface area contributed by atoms with Crippen LogP contribution in [-0.2, 0) is 14.4 Å². The molecule has 3 aliphatic rings. The molecule has 0 bridgehead atoms. The molecule has 3 heterocycles. The van der Waals surface area contributed by atoms with E-state index in [0.717, 1.165) is 16.7 Å². The van der Waals surface area contributed by atoms with E-state index in [1.807, 2.05) is 0 Å². The average Bonchev–Trinajstić information content (AvgIpc) is 3.02. The maximum atomic E-state index is 13.5. The number of nitrogens with zero attached hydrogens (tertiary/aromatic N) is 1. The predicted molar refractivity (Wildman–Crippen MR) is 115 cm³/mol. The van der Waals surface area contributed by atoms with Crippen molar-refractivity contribution in [2.75, 3.05) is 11.9 Å². The quantitative estimate of drug-likeness (QED) is 0.352. The number of nitrogens with one attached hydrogen (secondary N) is 1. The first-order valence-electron chi connectivity index (χ1n) is 9.73. The largest absolute Gasteiger partial charge is 0.508 e. The van der Waals surface area contributed by atoms with Gasteiger partial charge in [-0.25, -0.2) is 9.69 Å². The monoisotopic (exact) mass is 451 g/mol. The molecule has 162 valence electrons. The smallest absolute Gasteiger partial charge is 0.342 e. The highest BCUT2D eigenvalue weighted by Crippen LogP contribution is 2.54. The van der Waals surface area contributed by atoms with Gasteiger partial charge < -0.3 is 20.9 Å². The number of thioether (sulfide) groups is 1. The van der Waals surface area contributed by atoms with Crippen molar-refractivity contribution < 1.29 is 29.0 Å². The van der Waals surface area contributed by atoms with Gasteiger partial charge in [-0.2, -0.15) is 0 Å². The number of anilines is 1. The highest BCUT2D eigenvalue weighted by atomic mass is 32.2. The summed E-state index contributed by atoms with van der Waals surface area (Å²) in [5.41, 5.74) is 7.52. The average molecular weight is 451 g/mol. The number of benzene rings is 2. The third-order valence-corrected chi connectivity index (χ3v) is 7.08. The summed E-state index contributed by atoms with van der Waals surface area (Å²) in [5.74, 6) is -3.51. The Kier molecular flexibility index (Phi) is 4.48. The highest BCUT2D eigenvalue weighted by molar-refractivity contribution is 8.04. The maximum Gasteiger partial charge on any atom is 0.342 e. The van der Waals surface area contributed by atoms with Gasteiger partial charge >= 0.3 is 5.97 Å². The molecule has 0 aromatic heterocycles. The van der Waals surface area contributed by atoms with Crippen molar-refractivity contribution in [3.8, 4) is 11.5 Å². The number of phenolic OH excluding ortho intramolecular Hbond substituents is 1. The molecule has 1 fully saturated rings. The number of esters is 1. The minimum atomic E-state index is -0.871. The summed E-state index contributed by atoms with van der Waals surface area (Å²) in [6, 6.07) is 10.4. The first-order chi connectivity index (χ1) is 15.3. The SMILES string of the molecule is CNC(=O)c1ccc(N2C(=O)[C@H]3[C@@H](SC(N)=C4C(=O)Oc5cc(O)ccc5[C@H]43)C2=O)cc1. The summed E-state index contributed by atoms with van der Waals surface area (Å²) < 4.78 is 5.32. The Morgan fingerprint density at radius 2 is 1.84 bits per heavy atom. The van der Waals surface area contributed by atoms with Gasteiger partial charge in [0.2, 0.25) is 11.8 Å². The fourth-order valence-corrected chi connectivity index (χ4v) is 5.64. The Morgan fingerprint density at radius 3 is 2.53 bits per heavy atom. The fraction of sp³-hybridized carbons (Fsp3) is 0.182. The molecule has 3 atom stereocenters. The number of hydrogen-bond acceptors (Lipinski definition) is 8. The molecule has 5 rings (SSSR count). The molecular weight excluding hydrogens is 434 g/mol. The van der Waals surface area contributed by atoms with E-state index in [4.69, 9.17) is 10.5 Å². The summed E-state index contributed by atoms with van der Waals surface area (Å²) in [6.45, 7) is 0. The van der Waals surface area contributed by atoms with Crippen molar-refractivity contribution >= 4 is 41.1 Å². The molecule has 9 nitrogen and oxygen atoms in total. The molecule has 0 radical (unpaired) electrons. The van der Waals surface area contributed by atoms with Gasteiger partial charge in [0.25, 0.3) is 5.91 Å². The van der Waals surface area contributed by atoms with Crippen LogP contribution in [0.25, 0.3) is 0 Å². The van der Waals surface area contributed by atoms with E-state index >= 15 is 0 Å². The normalized spacial score (nSPS) is 24.0. The van der Waals surface area contributed by atoms with Gasteiger partial charge in [0, 0.05) is 30.2 Å². The molecule has 0 spiro atoms. The number of nitrogens with two attached hydrogens (primary N) is 1. The van der Waals surface area contributed by atoms with Crippen molar-refractivity contribution in [3.05, 3.63) is 64.2 Å². The van der Waals surface area contributed by atoms with Crippen molar-refractivity contribution in [2.45, 2.75) is 11.2 Å². The van der Waals surface area contributed by atoms with Crippen LogP contribution in [0.5, 0.6) is 11.5 Å². The molecule has 2 aromatic carbocycles. The van der Waals surface area contributed by atoms with E-state index in [2.05, 4.69) is 5.32 Å². The second-order valence-electron chi connectivity index (χ2n) is 7.57. The first-order valence-corrected chi connectivity index (χ1v) is 10.6. The second kappa shape index (κ2) is 7.13. The summed E-state index contributed by atoms with van der Waals surface area (Å²) in [4.78, 5) is 52.3. The molecule has 2 aromatic rings. The molecule has 3 aliphatic heterocycles. The number of carbonyl (C=O) groups is 4. The maximum absolute atomic E-state index is 13.5. The Morgan fingerprint density at radius 1 is 1.12 bits per heavy atom. The lowest BCUT2D eigenvalue weighted by Crippen LogP contribution is -2.39. The van der Waals surface area contributed by atoms with Gasteiger partial charge in [-0.05, 0) is 30.3 Å². The number of rotatable bonds is 2. The molecule has 0 saturated carbocycles. The predicted octanol–water partition coefficient (Wildman–Crippen LogP) is 1.23. The van der Waals surface area contributed by atoms with Crippen LogP contribution in [0.15, 0.2) is 53.1 Å². The van der Waals surface area contributed by atoms with Gasteiger partial charge in [-0.15, -0.1) is 0 Å². The lowest BCUT2D eigenvalue weighted by Gasteiger charge is -2.36. The van der Waals surface area contributed by atoms with Crippen LogP contribution in [0, 0.1) is 5.92 Å². The van der Waals surface area contributed by atoms with E-state index in [0.29, 0.717) is 16.8 Å². The molecule has 3 amide bonds. The zero-order valence-electron chi connectivity index (χ0n) is 16.7. The van der Waals surface area contributed by atoms with Gasteiger partial charge in [0.1, 0.15) is 16.7 Å². The molecule has 1 saturated heterocycles. The van der Waals surface area contributed by atoms with E-state index in [1.165, 1.54) is 43.4 Å². The van der Waals surface area contributed by atoms with Crippen LogP contribution in [0.4, 0.5) is 5.69 Å². The Balaban J connectivity index is 1.58. The summed E-state index contributed by atoms with van der Waals surface area (Å²) >= 11 is 0.977. The van der Waals surface area contributed by atoms with Gasteiger partial charge in [0.15, 0.2) is 0 Å². The molecule has 4 N–H and O–H groups in total. The molecular formula is C22H17N3O6S. The van der Waals surface area contributed by atoms with Gasteiger partial charge in [-0.1, -0.05) is 17.8 Å². The number of aromatic hydroxyl groups is 1. The number of fused-ring (bicyclic) bond motifs is 5. The number of hydrogen-bond donors (Lipinski definition) is 3. The minimum absolute atomic E-state index is 0.0923. The van der Waals surface area contributed by atoms with Crippen LogP contribution in [0.1, 0.15) is 21.8 Å². The topological polar surface area (TPSA) is 139 Å². The summed E-state index contributed by atoms with van der Waals surface area (Å²) in [6.07, 6.45) is 0. The van der Waals surface area contributed by atoms with Crippen molar-refractivity contribution in [2.24, 2.45) is 11.7 Å². The van der Waals surface area contributed by atoms with Crippen LogP contribution < -0.4 is 20.7 Å². The van der Waals surface area contributed by atoms with E-state index in [9.17, 15) is 24.3 Å². The van der Waals surface area contributed by atoms with Crippen LogP contribution >= 0.6 is 11.8 Å². The molecule has 10 heteroatoms. The lowest BCUT2D eigenvalue weighted by molar-refractivity contribution is -0.131. The molecule has 0 unspecified atom stereocenters. The Bertz CT molecular complexity index is 1240. The van der Waals surface area contributed by atoms with Gasteiger partial charge in [0.05, 0.1) is 22.2 Å². The number of carbonyl (C=O) groups excluding carboxylic acids is 4. The second-order valence-corrected chi connectivity index (χ2v) is 8.75.